The second kappa shape index (κ2) is 8.21. The van der Waals surface area contributed by atoms with E-state index < -0.39 is 11.9 Å². The number of hydrogen-bond donors (Lipinski definition) is 2. The van der Waals surface area contributed by atoms with Crippen molar-refractivity contribution < 1.29 is 24.5 Å². The van der Waals surface area contributed by atoms with Gasteiger partial charge in [-0.15, -0.1) is 0 Å². The van der Waals surface area contributed by atoms with Crippen LogP contribution in [-0.2, 0) is 19.9 Å². The largest absolute Gasteiger partial charge is 0.473 e. The van der Waals surface area contributed by atoms with Gasteiger partial charge in [-0.2, -0.15) is 0 Å². The van der Waals surface area contributed by atoms with Gasteiger partial charge in [0.1, 0.15) is 0 Å². The minimum atomic E-state index is -1.82. The van der Waals surface area contributed by atoms with Crippen molar-refractivity contribution in [2.45, 2.75) is 45.6 Å². The molecule has 2 aliphatic carbocycles. The number of carboxylic acids is 2. The number of likely N-dealkylation sites (N-methyl/N-ethyl adjacent to an activating group) is 1. The monoisotopic (exact) mass is 391 g/mol. The molecule has 3 rings (SSSR count). The van der Waals surface area contributed by atoms with E-state index >= 15 is 0 Å². The molecule has 2 aliphatic rings. The molecule has 3 atom stereocenters. The molecule has 1 aromatic rings. The molecule has 28 heavy (non-hydrogen) atoms. The predicted octanol–water partition coefficient (Wildman–Crippen LogP) is 3.46. The molecule has 0 aliphatic heterocycles. The van der Waals surface area contributed by atoms with Crippen LogP contribution in [0.4, 0.5) is 0 Å². The van der Waals surface area contributed by atoms with E-state index in [1.165, 1.54) is 24.8 Å². The lowest BCUT2D eigenvalue weighted by molar-refractivity contribution is -0.159. The SMILES string of the molecule is CN(C)CCO[C@]1(c2ccccc2)C[C@H]2CC[C@]1(C)C2(C)C.O=C(O)C(=O)O. The van der Waals surface area contributed by atoms with E-state index in [4.69, 9.17) is 24.5 Å². The number of benzene rings is 1. The van der Waals surface area contributed by atoms with Crippen LogP contribution in [-0.4, -0.2) is 54.3 Å². The van der Waals surface area contributed by atoms with Crippen LogP contribution in [0.15, 0.2) is 30.3 Å². The van der Waals surface area contributed by atoms with Crippen LogP contribution >= 0.6 is 0 Å². The fourth-order valence-corrected chi connectivity index (χ4v) is 5.10. The van der Waals surface area contributed by atoms with Gasteiger partial charge in [0, 0.05) is 12.0 Å². The number of aliphatic carboxylic acids is 2. The number of carboxylic acid groups (broad SMARTS) is 2. The summed E-state index contributed by atoms with van der Waals surface area (Å²) < 4.78 is 6.72. The average Bonchev–Trinajstić information content (AvgIpc) is 2.95. The van der Waals surface area contributed by atoms with Crippen molar-refractivity contribution in [1.29, 1.82) is 0 Å². The van der Waals surface area contributed by atoms with Gasteiger partial charge in [-0.1, -0.05) is 51.1 Å². The van der Waals surface area contributed by atoms with Crippen LogP contribution in [0.3, 0.4) is 0 Å². The molecule has 2 fully saturated rings. The first-order chi connectivity index (χ1) is 13.0. The number of fused-ring (bicyclic) bond motifs is 2. The van der Waals surface area contributed by atoms with Crippen molar-refractivity contribution in [3.63, 3.8) is 0 Å². The van der Waals surface area contributed by atoms with Gasteiger partial charge in [-0.05, 0) is 50.3 Å². The Morgan fingerprint density at radius 1 is 1.11 bits per heavy atom. The summed E-state index contributed by atoms with van der Waals surface area (Å²) in [6.45, 7) is 9.19. The lowest BCUT2D eigenvalue weighted by atomic mass is 9.62. The molecule has 1 aromatic carbocycles. The fourth-order valence-electron chi connectivity index (χ4n) is 5.10. The van der Waals surface area contributed by atoms with Crippen molar-refractivity contribution in [3.05, 3.63) is 35.9 Å². The summed E-state index contributed by atoms with van der Waals surface area (Å²) in [5.41, 5.74) is 1.84. The van der Waals surface area contributed by atoms with Crippen LogP contribution < -0.4 is 0 Å². The van der Waals surface area contributed by atoms with Crippen molar-refractivity contribution in [2.24, 2.45) is 16.7 Å². The zero-order valence-electron chi connectivity index (χ0n) is 17.6. The van der Waals surface area contributed by atoms with Gasteiger partial charge in [0.2, 0.25) is 0 Å². The van der Waals surface area contributed by atoms with E-state index in [2.05, 4.69) is 70.1 Å². The number of ether oxygens (including phenoxy) is 1. The standard InChI is InChI=1S/C20H31NO.C2H2O4/c1-18(2)17-11-12-19(18,3)20(15-17,22-14-13-21(4)5)16-9-7-6-8-10-16;3-1(4)2(5)6/h6-10,17H,11-15H2,1-5H3;(H,3,4)(H,5,6)/t17-,19-,20+;/m1./s1. The maximum atomic E-state index is 9.10. The molecule has 156 valence electrons. The molecule has 0 saturated heterocycles. The molecule has 0 radical (unpaired) electrons. The molecule has 6 nitrogen and oxygen atoms in total. The molecule has 0 spiro atoms. The molecule has 0 amide bonds. The lowest BCUT2D eigenvalue weighted by Crippen LogP contribution is -2.47. The summed E-state index contributed by atoms with van der Waals surface area (Å²) in [6, 6.07) is 11.0. The highest BCUT2D eigenvalue weighted by molar-refractivity contribution is 6.27. The summed E-state index contributed by atoms with van der Waals surface area (Å²) in [5.74, 6) is -2.87. The number of nitrogens with zero attached hydrogens (tertiary/aromatic N) is 1. The summed E-state index contributed by atoms with van der Waals surface area (Å²) >= 11 is 0. The van der Waals surface area contributed by atoms with Crippen molar-refractivity contribution in [3.8, 4) is 0 Å². The Balaban J connectivity index is 0.000000409. The third-order valence-electron chi connectivity index (χ3n) is 7.17. The number of rotatable bonds is 5. The van der Waals surface area contributed by atoms with Crippen molar-refractivity contribution in [2.75, 3.05) is 27.2 Å². The van der Waals surface area contributed by atoms with Crippen LogP contribution in [0.25, 0.3) is 0 Å². The van der Waals surface area contributed by atoms with Crippen molar-refractivity contribution in [1.82, 2.24) is 4.90 Å². The van der Waals surface area contributed by atoms with E-state index in [1.807, 2.05) is 0 Å². The Kier molecular flexibility index (Phi) is 6.56. The molecule has 0 heterocycles. The topological polar surface area (TPSA) is 87.1 Å². The normalized spacial score (nSPS) is 30.0. The van der Waals surface area contributed by atoms with E-state index in [-0.39, 0.29) is 11.0 Å². The minimum Gasteiger partial charge on any atom is -0.473 e. The minimum absolute atomic E-state index is 0.114. The van der Waals surface area contributed by atoms with Gasteiger partial charge in [0.15, 0.2) is 0 Å². The summed E-state index contributed by atoms with van der Waals surface area (Å²) in [6.07, 6.45) is 3.81. The highest BCUT2D eigenvalue weighted by Gasteiger charge is 2.69. The molecule has 2 N–H and O–H groups in total. The maximum Gasteiger partial charge on any atom is 0.414 e. The Bertz CT molecular complexity index is 690. The first kappa shape index (κ1) is 22.4. The second-order valence-electron chi connectivity index (χ2n) is 8.95. The highest BCUT2D eigenvalue weighted by atomic mass is 16.5. The van der Waals surface area contributed by atoms with Gasteiger partial charge in [-0.3, -0.25) is 0 Å². The number of carbonyl (C=O) groups is 2. The molecular formula is C22H33NO5. The molecule has 0 aromatic heterocycles. The quantitative estimate of drug-likeness (QED) is 0.748. The molecule has 2 bridgehead atoms. The molecule has 2 saturated carbocycles. The lowest BCUT2D eigenvalue weighted by Gasteiger charge is -2.49. The van der Waals surface area contributed by atoms with Crippen molar-refractivity contribution >= 4 is 11.9 Å². The predicted molar refractivity (Wildman–Crippen MR) is 107 cm³/mol. The maximum absolute atomic E-state index is 9.10. The van der Waals surface area contributed by atoms with Crippen LogP contribution in [0.1, 0.15) is 45.6 Å². The van der Waals surface area contributed by atoms with E-state index in [1.54, 1.807) is 0 Å². The van der Waals surface area contributed by atoms with E-state index in [0.29, 0.717) is 5.41 Å². The van der Waals surface area contributed by atoms with E-state index in [9.17, 15) is 0 Å². The van der Waals surface area contributed by atoms with Gasteiger partial charge >= 0.3 is 11.9 Å². The Labute approximate surface area is 167 Å². The zero-order chi connectivity index (χ0) is 21.2. The Morgan fingerprint density at radius 3 is 2.07 bits per heavy atom. The van der Waals surface area contributed by atoms with E-state index in [0.717, 1.165) is 19.1 Å². The van der Waals surface area contributed by atoms with Gasteiger partial charge in [0.25, 0.3) is 0 Å². The van der Waals surface area contributed by atoms with Gasteiger partial charge in [0.05, 0.1) is 12.2 Å². The Morgan fingerprint density at radius 2 is 1.68 bits per heavy atom. The average molecular weight is 392 g/mol. The first-order valence-corrected chi connectivity index (χ1v) is 9.78. The fraction of sp³-hybridized carbons (Fsp3) is 0.636. The second-order valence-corrected chi connectivity index (χ2v) is 8.95. The zero-order valence-corrected chi connectivity index (χ0v) is 17.6. The highest BCUT2D eigenvalue weighted by Crippen LogP contribution is 2.73. The summed E-state index contributed by atoms with van der Waals surface area (Å²) in [5, 5.41) is 14.8. The molecule has 0 unspecified atom stereocenters. The summed E-state index contributed by atoms with van der Waals surface area (Å²) in [4.78, 5) is 20.4. The van der Waals surface area contributed by atoms with Crippen LogP contribution in [0.2, 0.25) is 0 Å². The molecular weight excluding hydrogens is 358 g/mol. The first-order valence-electron chi connectivity index (χ1n) is 9.78. The Hall–Kier alpha value is -1.92. The third kappa shape index (κ3) is 3.80. The van der Waals surface area contributed by atoms with Gasteiger partial charge < -0.3 is 19.8 Å². The van der Waals surface area contributed by atoms with Crippen LogP contribution in [0.5, 0.6) is 0 Å². The van der Waals surface area contributed by atoms with Gasteiger partial charge in [-0.25, -0.2) is 9.59 Å². The van der Waals surface area contributed by atoms with Crippen LogP contribution in [0, 0.1) is 16.7 Å². The smallest absolute Gasteiger partial charge is 0.414 e. The summed E-state index contributed by atoms with van der Waals surface area (Å²) in [7, 11) is 4.23. The third-order valence-corrected chi connectivity index (χ3v) is 7.17. The number of hydrogen-bond acceptors (Lipinski definition) is 4. The molecule has 6 heteroatoms.